The number of nitrogens with one attached hydrogen (secondary N) is 2. The predicted molar refractivity (Wildman–Crippen MR) is 139 cm³/mol. The minimum absolute atomic E-state index is 0.197. The van der Waals surface area contributed by atoms with Crippen molar-refractivity contribution in [3.63, 3.8) is 0 Å². The highest BCUT2D eigenvalue weighted by Crippen LogP contribution is 2.37. The molecule has 1 saturated heterocycles. The number of halogens is 6. The van der Waals surface area contributed by atoms with Gasteiger partial charge in [0.1, 0.15) is 18.1 Å². The molecule has 11 heteroatoms. The number of hydrogen-bond donors (Lipinski definition) is 2. The first kappa shape index (κ1) is 30.8. The van der Waals surface area contributed by atoms with Crippen molar-refractivity contribution in [1.29, 1.82) is 0 Å². The van der Waals surface area contributed by atoms with E-state index in [0.29, 0.717) is 30.1 Å². The third-order valence-corrected chi connectivity index (χ3v) is 7.16. The van der Waals surface area contributed by atoms with Crippen LogP contribution >= 0.6 is 11.6 Å². The Kier molecular flexibility index (Phi) is 9.98. The van der Waals surface area contributed by atoms with Crippen LogP contribution < -0.4 is 10.6 Å². The first-order valence-corrected chi connectivity index (χ1v) is 13.1. The Labute approximate surface area is 230 Å². The molecule has 39 heavy (non-hydrogen) atoms. The Morgan fingerprint density at radius 2 is 1.72 bits per heavy atom. The number of hydrogen-bond acceptors (Lipinski definition) is 3. The van der Waals surface area contributed by atoms with Crippen LogP contribution in [0.15, 0.2) is 42.5 Å². The van der Waals surface area contributed by atoms with Gasteiger partial charge < -0.3 is 10.6 Å². The normalized spacial score (nSPS) is 19.1. The van der Waals surface area contributed by atoms with Gasteiger partial charge in [-0.25, -0.2) is 8.78 Å². The van der Waals surface area contributed by atoms with E-state index in [2.05, 4.69) is 15.5 Å². The van der Waals surface area contributed by atoms with Crippen molar-refractivity contribution >= 4 is 23.4 Å². The van der Waals surface area contributed by atoms with E-state index < -0.39 is 48.0 Å². The van der Waals surface area contributed by atoms with E-state index in [-0.39, 0.29) is 30.0 Å². The predicted octanol–water partition coefficient (Wildman–Crippen LogP) is 6.14. The fourth-order valence-electron chi connectivity index (χ4n) is 4.83. The molecular formula is C28H33ClF5N3O2. The van der Waals surface area contributed by atoms with Gasteiger partial charge in [-0.3, -0.25) is 14.5 Å². The number of amides is 2. The van der Waals surface area contributed by atoms with Crippen LogP contribution in [0.25, 0.3) is 0 Å². The molecule has 0 aliphatic carbocycles. The van der Waals surface area contributed by atoms with Crippen molar-refractivity contribution in [2.24, 2.45) is 5.92 Å². The van der Waals surface area contributed by atoms with Crippen molar-refractivity contribution in [2.75, 3.05) is 19.6 Å². The molecule has 0 aromatic heterocycles. The SMILES string of the molecule is CC(C)(C)N1C[C@@H](C(=O)NCCC[C@H](NC(=O)CC(F)(F)F)c2ccc(Cl)cc2)[C@H](c2ccc(F)cc2F)C1. The molecule has 214 valence electrons. The lowest BCUT2D eigenvalue weighted by Crippen LogP contribution is -2.41. The first-order valence-electron chi connectivity index (χ1n) is 12.7. The molecule has 0 spiro atoms. The molecule has 1 heterocycles. The number of benzene rings is 2. The van der Waals surface area contributed by atoms with E-state index in [1.54, 1.807) is 24.3 Å². The molecule has 2 aromatic carbocycles. The first-order chi connectivity index (χ1) is 18.1. The zero-order valence-corrected chi connectivity index (χ0v) is 22.8. The minimum Gasteiger partial charge on any atom is -0.356 e. The van der Waals surface area contributed by atoms with Gasteiger partial charge in [0.25, 0.3) is 0 Å². The summed E-state index contributed by atoms with van der Waals surface area (Å²) in [6, 6.07) is 9.07. The summed E-state index contributed by atoms with van der Waals surface area (Å²) in [6.45, 7) is 6.99. The fourth-order valence-corrected chi connectivity index (χ4v) is 4.95. The summed E-state index contributed by atoms with van der Waals surface area (Å²) < 4.78 is 66.2. The fraction of sp³-hybridized carbons (Fsp3) is 0.500. The van der Waals surface area contributed by atoms with Gasteiger partial charge in [-0.15, -0.1) is 0 Å². The molecule has 1 aliphatic rings. The maximum Gasteiger partial charge on any atom is 0.397 e. The van der Waals surface area contributed by atoms with Gasteiger partial charge in [0.2, 0.25) is 11.8 Å². The average molecular weight is 574 g/mol. The van der Waals surface area contributed by atoms with E-state index in [4.69, 9.17) is 11.6 Å². The molecule has 0 unspecified atom stereocenters. The smallest absolute Gasteiger partial charge is 0.356 e. The van der Waals surface area contributed by atoms with Gasteiger partial charge in [-0.05, 0) is 62.9 Å². The Morgan fingerprint density at radius 3 is 2.31 bits per heavy atom. The molecule has 1 fully saturated rings. The molecule has 1 aliphatic heterocycles. The van der Waals surface area contributed by atoms with Gasteiger partial charge in [0.15, 0.2) is 0 Å². The Hall–Kier alpha value is -2.72. The lowest BCUT2D eigenvalue weighted by atomic mass is 9.88. The number of carbonyl (C=O) groups is 2. The minimum atomic E-state index is -4.63. The van der Waals surface area contributed by atoms with Crippen LogP contribution in [-0.4, -0.2) is 48.1 Å². The lowest BCUT2D eigenvalue weighted by molar-refractivity contribution is -0.154. The maximum absolute atomic E-state index is 14.6. The zero-order valence-electron chi connectivity index (χ0n) is 22.0. The topological polar surface area (TPSA) is 61.4 Å². The lowest BCUT2D eigenvalue weighted by Gasteiger charge is -2.31. The zero-order chi connectivity index (χ0) is 29.0. The molecule has 2 amide bonds. The van der Waals surface area contributed by atoms with Crippen LogP contribution in [-0.2, 0) is 9.59 Å². The van der Waals surface area contributed by atoms with E-state index in [9.17, 15) is 31.5 Å². The monoisotopic (exact) mass is 573 g/mol. The van der Waals surface area contributed by atoms with Crippen molar-refractivity contribution in [2.45, 2.75) is 63.7 Å². The van der Waals surface area contributed by atoms with Crippen molar-refractivity contribution in [3.8, 4) is 0 Å². The Balaban J connectivity index is 1.66. The standard InChI is InChI=1S/C28H33ClF5N3O2/c1-27(2,3)37-15-21(20-11-10-19(30)13-23(20)31)22(16-37)26(39)35-12-4-5-24(17-6-8-18(29)9-7-17)36-25(38)14-28(32,33)34/h6-11,13,21-22,24H,4-5,12,14-16H2,1-3H3,(H,35,39)(H,36,38)/t21-,22+,24-/m0/s1. The van der Waals surface area contributed by atoms with E-state index in [1.165, 1.54) is 12.1 Å². The van der Waals surface area contributed by atoms with Crippen molar-refractivity contribution in [3.05, 3.63) is 70.2 Å². The van der Waals surface area contributed by atoms with E-state index in [1.807, 2.05) is 20.8 Å². The van der Waals surface area contributed by atoms with Crippen LogP contribution in [0.4, 0.5) is 22.0 Å². The second-order valence-electron chi connectivity index (χ2n) is 10.9. The maximum atomic E-state index is 14.6. The summed E-state index contributed by atoms with van der Waals surface area (Å²) >= 11 is 5.92. The van der Waals surface area contributed by atoms with Gasteiger partial charge in [0, 0.05) is 42.2 Å². The van der Waals surface area contributed by atoms with Gasteiger partial charge in [-0.2, -0.15) is 13.2 Å². The highest BCUT2D eigenvalue weighted by atomic mass is 35.5. The number of carbonyl (C=O) groups excluding carboxylic acids is 2. The highest BCUT2D eigenvalue weighted by molar-refractivity contribution is 6.30. The number of nitrogens with zero attached hydrogens (tertiary/aromatic N) is 1. The van der Waals surface area contributed by atoms with E-state index >= 15 is 0 Å². The molecule has 3 rings (SSSR count). The van der Waals surface area contributed by atoms with Gasteiger partial charge in [0.05, 0.1) is 12.0 Å². The van der Waals surface area contributed by atoms with Crippen LogP contribution in [0.1, 0.15) is 63.1 Å². The number of alkyl halides is 3. The average Bonchev–Trinajstić information content (AvgIpc) is 3.26. The van der Waals surface area contributed by atoms with Crippen LogP contribution in [0.3, 0.4) is 0 Å². The van der Waals surface area contributed by atoms with Crippen LogP contribution in [0.2, 0.25) is 5.02 Å². The second kappa shape index (κ2) is 12.6. The molecule has 0 saturated carbocycles. The van der Waals surface area contributed by atoms with E-state index in [0.717, 1.165) is 6.07 Å². The summed E-state index contributed by atoms with van der Waals surface area (Å²) in [6.07, 6.45) is -5.61. The molecule has 3 atom stereocenters. The molecule has 0 bridgehead atoms. The third-order valence-electron chi connectivity index (χ3n) is 6.90. The quantitative estimate of drug-likeness (QED) is 0.280. The van der Waals surface area contributed by atoms with Crippen molar-refractivity contribution in [1.82, 2.24) is 15.5 Å². The number of likely N-dealkylation sites (tertiary alicyclic amines) is 1. The summed E-state index contributed by atoms with van der Waals surface area (Å²) in [4.78, 5) is 27.3. The molecule has 2 aromatic rings. The number of rotatable bonds is 9. The van der Waals surface area contributed by atoms with Crippen LogP contribution in [0.5, 0.6) is 0 Å². The summed E-state index contributed by atoms with van der Waals surface area (Å²) in [5.41, 5.74) is 0.590. The Morgan fingerprint density at radius 1 is 1.05 bits per heavy atom. The summed E-state index contributed by atoms with van der Waals surface area (Å²) in [5.74, 6) is -3.89. The largest absolute Gasteiger partial charge is 0.397 e. The third kappa shape index (κ3) is 8.89. The Bertz CT molecular complexity index is 1150. The highest BCUT2D eigenvalue weighted by Gasteiger charge is 2.43. The molecule has 5 nitrogen and oxygen atoms in total. The van der Waals surface area contributed by atoms with Crippen LogP contribution in [0, 0.1) is 17.6 Å². The van der Waals surface area contributed by atoms with Gasteiger partial charge >= 0.3 is 6.18 Å². The van der Waals surface area contributed by atoms with Gasteiger partial charge in [-0.1, -0.05) is 29.8 Å². The molecule has 0 radical (unpaired) electrons. The summed E-state index contributed by atoms with van der Waals surface area (Å²) in [5, 5.41) is 5.72. The van der Waals surface area contributed by atoms with Crippen molar-refractivity contribution < 1.29 is 31.5 Å². The molecular weight excluding hydrogens is 541 g/mol. The summed E-state index contributed by atoms with van der Waals surface area (Å²) in [7, 11) is 0. The molecule has 2 N–H and O–H groups in total. The second-order valence-corrected chi connectivity index (χ2v) is 11.3.